The zero-order valence-electron chi connectivity index (χ0n) is 13.4. The molecule has 23 heavy (non-hydrogen) atoms. The first kappa shape index (κ1) is 18.5. The third-order valence-corrected chi connectivity index (χ3v) is 2.69. The van der Waals surface area contributed by atoms with Crippen LogP contribution in [0.2, 0.25) is 0 Å². The minimum atomic E-state index is -1.14. The Morgan fingerprint density at radius 3 is 2.35 bits per heavy atom. The highest BCUT2D eigenvalue weighted by atomic mass is 16.6. The Balaban J connectivity index is 2.73. The molecule has 0 aliphatic rings. The van der Waals surface area contributed by atoms with Crippen molar-refractivity contribution in [3.63, 3.8) is 0 Å². The van der Waals surface area contributed by atoms with Gasteiger partial charge in [0.15, 0.2) is 0 Å². The highest BCUT2D eigenvalue weighted by Crippen LogP contribution is 2.09. The van der Waals surface area contributed by atoms with E-state index in [0.29, 0.717) is 0 Å². The minimum absolute atomic E-state index is 0.127. The van der Waals surface area contributed by atoms with Crippen molar-refractivity contribution >= 4 is 12.1 Å². The lowest BCUT2D eigenvalue weighted by Gasteiger charge is -2.22. The van der Waals surface area contributed by atoms with Crippen LogP contribution in [0.3, 0.4) is 0 Å². The largest absolute Gasteiger partial charge is 0.480 e. The summed E-state index contributed by atoms with van der Waals surface area (Å²) in [4.78, 5) is 23.0. The van der Waals surface area contributed by atoms with Crippen molar-refractivity contribution in [2.45, 2.75) is 38.8 Å². The molecule has 1 rings (SSSR count). The number of carboxylic acids is 1. The van der Waals surface area contributed by atoms with Crippen LogP contribution < -0.4 is 5.32 Å². The molecule has 1 aromatic rings. The summed E-state index contributed by atoms with van der Waals surface area (Å²) in [6.07, 6.45) is -0.641. The van der Waals surface area contributed by atoms with E-state index >= 15 is 0 Å². The molecule has 6 nitrogen and oxygen atoms in total. The lowest BCUT2D eigenvalue weighted by Crippen LogP contribution is -2.44. The Bertz CT molecular complexity index is 605. The summed E-state index contributed by atoms with van der Waals surface area (Å²) < 4.78 is 5.06. The predicted octanol–water partition coefficient (Wildman–Crippen LogP) is 1.55. The van der Waals surface area contributed by atoms with Crippen molar-refractivity contribution in [2.24, 2.45) is 0 Å². The fraction of sp³-hybridized carbons (Fsp3) is 0.412. The number of aliphatic hydroxyl groups is 1. The molecule has 1 unspecified atom stereocenters. The number of hydrogen-bond acceptors (Lipinski definition) is 4. The monoisotopic (exact) mass is 319 g/mol. The number of benzene rings is 1. The molecule has 0 fully saturated rings. The van der Waals surface area contributed by atoms with Crippen molar-refractivity contribution in [2.75, 3.05) is 6.61 Å². The van der Waals surface area contributed by atoms with Gasteiger partial charge in [-0.1, -0.05) is 24.0 Å². The van der Waals surface area contributed by atoms with E-state index in [9.17, 15) is 14.7 Å². The van der Waals surface area contributed by atoms with Crippen LogP contribution in [0.25, 0.3) is 0 Å². The lowest BCUT2D eigenvalue weighted by atomic mass is 10.0. The van der Waals surface area contributed by atoms with Gasteiger partial charge in [-0.3, -0.25) is 0 Å². The van der Waals surface area contributed by atoms with Gasteiger partial charge in [-0.2, -0.15) is 0 Å². The molecular weight excluding hydrogens is 298 g/mol. The number of hydrogen-bond donors (Lipinski definition) is 3. The maximum absolute atomic E-state index is 11.7. The number of rotatable bonds is 4. The second-order valence-electron chi connectivity index (χ2n) is 5.90. The maximum Gasteiger partial charge on any atom is 0.408 e. The number of ether oxygens (including phenoxy) is 1. The number of aliphatic hydroxyl groups excluding tert-OH is 1. The first-order valence-corrected chi connectivity index (χ1v) is 7.12. The highest BCUT2D eigenvalue weighted by molar-refractivity contribution is 5.80. The Morgan fingerprint density at radius 1 is 1.26 bits per heavy atom. The molecule has 0 aliphatic heterocycles. The molecule has 0 spiro atoms. The Hall–Kier alpha value is -2.52. The Kier molecular flexibility index (Phi) is 6.61. The number of carboxylic acid groups (broad SMARTS) is 1. The number of amides is 1. The summed E-state index contributed by atoms with van der Waals surface area (Å²) >= 11 is 0. The van der Waals surface area contributed by atoms with E-state index in [4.69, 9.17) is 9.84 Å². The SMILES string of the molecule is CC(C)(C)OC(=O)NC(Cc1ccc(C#CCO)cc1)C(=O)O. The van der Waals surface area contributed by atoms with E-state index < -0.39 is 23.7 Å². The molecule has 0 heterocycles. The topological polar surface area (TPSA) is 95.9 Å². The van der Waals surface area contributed by atoms with Gasteiger partial charge in [-0.25, -0.2) is 9.59 Å². The zero-order valence-corrected chi connectivity index (χ0v) is 13.4. The minimum Gasteiger partial charge on any atom is -0.480 e. The van der Waals surface area contributed by atoms with E-state index in [-0.39, 0.29) is 13.0 Å². The maximum atomic E-state index is 11.7. The summed E-state index contributed by atoms with van der Waals surface area (Å²) in [7, 11) is 0. The third-order valence-electron chi connectivity index (χ3n) is 2.69. The summed E-state index contributed by atoms with van der Waals surface area (Å²) in [5.41, 5.74) is 0.762. The van der Waals surface area contributed by atoms with Crippen LogP contribution in [0.5, 0.6) is 0 Å². The van der Waals surface area contributed by atoms with Crippen LogP contribution in [0.15, 0.2) is 24.3 Å². The average Bonchev–Trinajstić information content (AvgIpc) is 2.43. The van der Waals surface area contributed by atoms with Crippen molar-refractivity contribution < 1.29 is 24.5 Å². The molecule has 3 N–H and O–H groups in total. The molecule has 1 atom stereocenters. The Morgan fingerprint density at radius 2 is 1.87 bits per heavy atom. The van der Waals surface area contributed by atoms with Crippen LogP contribution >= 0.6 is 0 Å². The van der Waals surface area contributed by atoms with Crippen LogP contribution in [0, 0.1) is 11.8 Å². The molecule has 0 aromatic heterocycles. The number of aliphatic carboxylic acids is 1. The quantitative estimate of drug-likeness (QED) is 0.732. The van der Waals surface area contributed by atoms with Crippen LogP contribution in [-0.4, -0.2) is 40.5 Å². The molecule has 124 valence electrons. The van der Waals surface area contributed by atoms with Crippen molar-refractivity contribution in [1.29, 1.82) is 0 Å². The van der Waals surface area contributed by atoms with Gasteiger partial charge in [0.25, 0.3) is 0 Å². The molecular formula is C17H21NO5. The first-order valence-electron chi connectivity index (χ1n) is 7.12. The second-order valence-corrected chi connectivity index (χ2v) is 5.90. The van der Waals surface area contributed by atoms with Gasteiger partial charge in [0.2, 0.25) is 0 Å². The summed E-state index contributed by atoms with van der Waals surface area (Å²) in [5.74, 6) is 4.14. The third kappa shape index (κ3) is 7.34. The fourth-order valence-electron chi connectivity index (χ4n) is 1.75. The number of carbonyl (C=O) groups excluding carboxylic acids is 1. The molecule has 0 saturated heterocycles. The van der Waals surface area contributed by atoms with Crippen LogP contribution in [0.1, 0.15) is 31.9 Å². The van der Waals surface area contributed by atoms with Gasteiger partial charge < -0.3 is 20.3 Å². The van der Waals surface area contributed by atoms with E-state index in [1.54, 1.807) is 45.0 Å². The fourth-order valence-corrected chi connectivity index (χ4v) is 1.75. The molecule has 6 heteroatoms. The smallest absolute Gasteiger partial charge is 0.408 e. The van der Waals surface area contributed by atoms with Gasteiger partial charge in [-0.05, 0) is 38.5 Å². The van der Waals surface area contributed by atoms with E-state index in [0.717, 1.165) is 11.1 Å². The van der Waals surface area contributed by atoms with E-state index in [1.807, 2.05) is 0 Å². The second kappa shape index (κ2) is 8.20. The van der Waals surface area contributed by atoms with Gasteiger partial charge in [0.1, 0.15) is 18.2 Å². The number of nitrogens with one attached hydrogen (secondary N) is 1. The molecule has 1 amide bonds. The molecule has 1 aromatic carbocycles. The molecule has 0 aliphatic carbocycles. The summed E-state index contributed by atoms with van der Waals surface area (Å²) in [6, 6.07) is 5.83. The summed E-state index contributed by atoms with van der Waals surface area (Å²) in [5, 5.41) is 20.2. The molecule has 0 saturated carbocycles. The van der Waals surface area contributed by atoms with Crippen molar-refractivity contribution in [3.8, 4) is 11.8 Å². The normalized spacial score (nSPS) is 11.8. The first-order chi connectivity index (χ1) is 10.7. The number of carbonyl (C=O) groups is 2. The summed E-state index contributed by atoms with van der Waals surface area (Å²) in [6.45, 7) is 4.89. The predicted molar refractivity (Wildman–Crippen MR) is 84.9 cm³/mol. The van der Waals surface area contributed by atoms with Crippen molar-refractivity contribution in [3.05, 3.63) is 35.4 Å². The van der Waals surface area contributed by atoms with Gasteiger partial charge in [0.05, 0.1) is 0 Å². The van der Waals surface area contributed by atoms with Crippen LogP contribution in [-0.2, 0) is 16.0 Å². The van der Waals surface area contributed by atoms with Crippen molar-refractivity contribution in [1.82, 2.24) is 5.32 Å². The van der Waals surface area contributed by atoms with Gasteiger partial charge in [-0.15, -0.1) is 0 Å². The lowest BCUT2D eigenvalue weighted by molar-refractivity contribution is -0.139. The molecule has 0 bridgehead atoms. The number of alkyl carbamates (subject to hydrolysis) is 1. The average molecular weight is 319 g/mol. The Labute approximate surface area is 135 Å². The van der Waals surface area contributed by atoms with E-state index in [2.05, 4.69) is 17.2 Å². The standard InChI is InChI=1S/C17H21NO5/c1-17(2,3)23-16(22)18-14(15(20)21)11-13-8-6-12(7-9-13)5-4-10-19/h6-9,14,19H,10-11H2,1-3H3,(H,18,22)(H,20,21). The van der Waals surface area contributed by atoms with Crippen LogP contribution in [0.4, 0.5) is 4.79 Å². The van der Waals surface area contributed by atoms with Gasteiger partial charge in [0, 0.05) is 12.0 Å². The molecule has 0 radical (unpaired) electrons. The highest BCUT2D eigenvalue weighted by Gasteiger charge is 2.24. The van der Waals surface area contributed by atoms with E-state index in [1.165, 1.54) is 0 Å². The van der Waals surface area contributed by atoms with Gasteiger partial charge >= 0.3 is 12.1 Å². The zero-order chi connectivity index (χ0) is 17.5.